The van der Waals surface area contributed by atoms with Crippen LogP contribution in [-0.2, 0) is 0 Å². The Hall–Kier alpha value is -7.11. The lowest BCUT2D eigenvalue weighted by molar-refractivity contribution is 0.669. The van der Waals surface area contributed by atoms with Gasteiger partial charge in [-0.05, 0) is 69.1 Å². The van der Waals surface area contributed by atoms with Gasteiger partial charge in [0.15, 0.2) is 17.5 Å². The molecule has 0 aliphatic heterocycles. The molecule has 8 aromatic carbocycles. The van der Waals surface area contributed by atoms with Gasteiger partial charge in [0, 0.05) is 38.2 Å². The van der Waals surface area contributed by atoms with Crippen molar-refractivity contribution in [2.75, 3.05) is 0 Å². The number of rotatable bonds is 4. The number of fused-ring (bicyclic) bond motifs is 8. The van der Waals surface area contributed by atoms with Crippen LogP contribution in [0.15, 0.2) is 173 Å². The first-order valence-corrected chi connectivity index (χ1v) is 17.3. The predicted molar refractivity (Wildman–Crippen MR) is 211 cm³/mol. The van der Waals surface area contributed by atoms with E-state index < -0.39 is 0 Å². The maximum absolute atomic E-state index is 6.49. The highest BCUT2D eigenvalue weighted by Gasteiger charge is 2.20. The highest BCUT2D eigenvalue weighted by Crippen LogP contribution is 2.42. The van der Waals surface area contributed by atoms with Crippen molar-refractivity contribution in [2.45, 2.75) is 0 Å². The third-order valence-electron chi connectivity index (χ3n) is 10.1. The Morgan fingerprint density at radius 1 is 0.308 bits per heavy atom. The SMILES string of the molecule is c1ccc(-c2nc(-c3cccc4ccccc34)nc(-c3cccc4oc5ccc(-c6cccc7oc8cc9ccccc9cc8c67)cc5c34)n2)cc1. The Bertz CT molecular complexity index is 3190. The average Bonchev–Trinajstić information content (AvgIpc) is 3.77. The summed E-state index contributed by atoms with van der Waals surface area (Å²) in [4.78, 5) is 15.3. The first kappa shape index (κ1) is 28.7. The van der Waals surface area contributed by atoms with E-state index >= 15 is 0 Å². The number of benzene rings is 8. The molecule has 52 heavy (non-hydrogen) atoms. The predicted octanol–water partition coefficient (Wildman–Crippen LogP) is 12.6. The summed E-state index contributed by atoms with van der Waals surface area (Å²) in [7, 11) is 0. The van der Waals surface area contributed by atoms with Crippen molar-refractivity contribution >= 4 is 65.4 Å². The van der Waals surface area contributed by atoms with Crippen LogP contribution >= 0.6 is 0 Å². The minimum Gasteiger partial charge on any atom is -0.456 e. The molecule has 0 N–H and O–H groups in total. The van der Waals surface area contributed by atoms with Crippen molar-refractivity contribution in [3.05, 3.63) is 164 Å². The fraction of sp³-hybridized carbons (Fsp3) is 0. The van der Waals surface area contributed by atoms with Crippen LogP contribution in [0.3, 0.4) is 0 Å². The summed E-state index contributed by atoms with van der Waals surface area (Å²) < 4.78 is 12.9. The Kier molecular flexibility index (Phi) is 6.18. The topological polar surface area (TPSA) is 65.0 Å². The van der Waals surface area contributed by atoms with Crippen LogP contribution in [0.5, 0.6) is 0 Å². The van der Waals surface area contributed by atoms with Crippen LogP contribution in [0.2, 0.25) is 0 Å². The van der Waals surface area contributed by atoms with E-state index in [2.05, 4.69) is 115 Å². The number of furan rings is 2. The van der Waals surface area contributed by atoms with Gasteiger partial charge in [-0.15, -0.1) is 0 Å². The fourth-order valence-corrected chi connectivity index (χ4v) is 7.69. The molecule has 0 aliphatic carbocycles. The summed E-state index contributed by atoms with van der Waals surface area (Å²) in [6.45, 7) is 0. The second kappa shape index (κ2) is 11.2. The zero-order chi connectivity index (χ0) is 34.2. The number of aromatic nitrogens is 3. The summed E-state index contributed by atoms with van der Waals surface area (Å²) in [5.74, 6) is 1.83. The van der Waals surface area contributed by atoms with Gasteiger partial charge in [0.1, 0.15) is 22.3 Å². The zero-order valence-corrected chi connectivity index (χ0v) is 27.7. The van der Waals surface area contributed by atoms with Gasteiger partial charge in [0.25, 0.3) is 0 Å². The fourth-order valence-electron chi connectivity index (χ4n) is 7.69. The van der Waals surface area contributed by atoms with Crippen LogP contribution in [0.1, 0.15) is 0 Å². The zero-order valence-electron chi connectivity index (χ0n) is 27.7. The van der Waals surface area contributed by atoms with Crippen molar-refractivity contribution in [1.82, 2.24) is 15.0 Å². The average molecular weight is 666 g/mol. The molecule has 0 aliphatic rings. The van der Waals surface area contributed by atoms with Gasteiger partial charge in [0.2, 0.25) is 0 Å². The molecule has 0 amide bonds. The lowest BCUT2D eigenvalue weighted by atomic mass is 9.96. The van der Waals surface area contributed by atoms with Gasteiger partial charge in [-0.25, -0.2) is 15.0 Å². The highest BCUT2D eigenvalue weighted by molar-refractivity contribution is 6.17. The molecule has 0 fully saturated rings. The van der Waals surface area contributed by atoms with E-state index in [4.69, 9.17) is 23.8 Å². The van der Waals surface area contributed by atoms with Crippen LogP contribution < -0.4 is 0 Å². The molecule has 11 rings (SSSR count). The van der Waals surface area contributed by atoms with E-state index in [1.807, 2.05) is 48.5 Å². The van der Waals surface area contributed by atoms with E-state index in [1.165, 1.54) is 5.39 Å². The molecule has 5 nitrogen and oxygen atoms in total. The van der Waals surface area contributed by atoms with E-state index in [1.54, 1.807) is 0 Å². The number of nitrogens with zero attached hydrogens (tertiary/aromatic N) is 3. The summed E-state index contributed by atoms with van der Waals surface area (Å²) >= 11 is 0. The molecule has 3 heterocycles. The molecule has 0 spiro atoms. The second-order valence-corrected chi connectivity index (χ2v) is 13.2. The van der Waals surface area contributed by atoms with E-state index in [0.717, 1.165) is 87.9 Å². The molecular formula is C47H27N3O2. The van der Waals surface area contributed by atoms with Gasteiger partial charge in [-0.3, -0.25) is 0 Å². The minimum atomic E-state index is 0.588. The maximum Gasteiger partial charge on any atom is 0.164 e. The molecule has 0 saturated carbocycles. The van der Waals surface area contributed by atoms with E-state index in [-0.39, 0.29) is 0 Å². The third kappa shape index (κ3) is 4.46. The summed E-state index contributed by atoms with van der Waals surface area (Å²) in [6, 6.07) is 56.3. The molecular weight excluding hydrogens is 639 g/mol. The van der Waals surface area contributed by atoms with Gasteiger partial charge in [-0.1, -0.05) is 127 Å². The molecule has 0 unspecified atom stereocenters. The second-order valence-electron chi connectivity index (χ2n) is 13.2. The van der Waals surface area contributed by atoms with Crippen LogP contribution in [0.25, 0.3) is 111 Å². The van der Waals surface area contributed by atoms with Crippen molar-refractivity contribution in [3.63, 3.8) is 0 Å². The normalized spacial score (nSPS) is 11.8. The van der Waals surface area contributed by atoms with Crippen LogP contribution in [0.4, 0.5) is 0 Å². The molecule has 0 radical (unpaired) electrons. The van der Waals surface area contributed by atoms with Crippen molar-refractivity contribution < 1.29 is 8.83 Å². The van der Waals surface area contributed by atoms with E-state index in [0.29, 0.717) is 17.5 Å². The molecule has 0 bridgehead atoms. The Morgan fingerprint density at radius 3 is 1.71 bits per heavy atom. The Labute approximate surface area is 297 Å². The number of hydrogen-bond acceptors (Lipinski definition) is 5. The van der Waals surface area contributed by atoms with Crippen molar-refractivity contribution in [1.29, 1.82) is 0 Å². The third-order valence-corrected chi connectivity index (χ3v) is 10.1. The Morgan fingerprint density at radius 2 is 0.885 bits per heavy atom. The lowest BCUT2D eigenvalue weighted by Crippen LogP contribution is -2.00. The number of hydrogen-bond donors (Lipinski definition) is 0. The minimum absolute atomic E-state index is 0.588. The maximum atomic E-state index is 6.49. The van der Waals surface area contributed by atoms with Crippen LogP contribution in [0, 0.1) is 0 Å². The van der Waals surface area contributed by atoms with Crippen LogP contribution in [-0.4, -0.2) is 15.0 Å². The monoisotopic (exact) mass is 665 g/mol. The van der Waals surface area contributed by atoms with Crippen molar-refractivity contribution in [2.24, 2.45) is 0 Å². The quantitative estimate of drug-likeness (QED) is 0.187. The molecule has 3 aromatic heterocycles. The largest absolute Gasteiger partial charge is 0.456 e. The molecule has 5 heteroatoms. The molecule has 0 saturated heterocycles. The van der Waals surface area contributed by atoms with E-state index in [9.17, 15) is 0 Å². The highest BCUT2D eigenvalue weighted by atomic mass is 16.3. The summed E-state index contributed by atoms with van der Waals surface area (Å²) in [5.41, 5.74) is 8.25. The van der Waals surface area contributed by atoms with Gasteiger partial charge < -0.3 is 8.83 Å². The molecule has 242 valence electrons. The first-order valence-electron chi connectivity index (χ1n) is 17.3. The summed E-state index contributed by atoms with van der Waals surface area (Å²) in [5, 5.41) is 8.71. The van der Waals surface area contributed by atoms with Gasteiger partial charge in [-0.2, -0.15) is 0 Å². The molecule has 0 atom stereocenters. The van der Waals surface area contributed by atoms with Crippen molar-refractivity contribution in [3.8, 4) is 45.3 Å². The van der Waals surface area contributed by atoms with Gasteiger partial charge in [0.05, 0.1) is 0 Å². The van der Waals surface area contributed by atoms with Gasteiger partial charge >= 0.3 is 0 Å². The first-order chi connectivity index (χ1) is 25.7. The molecule has 11 aromatic rings. The summed E-state index contributed by atoms with van der Waals surface area (Å²) in [6.07, 6.45) is 0. The lowest BCUT2D eigenvalue weighted by Gasteiger charge is -2.11. The smallest absolute Gasteiger partial charge is 0.164 e. The standard InChI is InChI=1S/C47H27N3O2/c1-2-12-29(13-3-1)45-48-46(35-19-8-16-28-11-6-7-17-33(28)35)50-47(49-45)36-20-10-22-41-44(36)37-26-32(23-24-39(37)51-41)34-18-9-21-40-43(34)38-25-30-14-4-5-15-31(30)27-42(38)52-40/h1-27H. The Balaban J connectivity index is 1.15.